The number of rotatable bonds is 1. The van der Waals surface area contributed by atoms with Gasteiger partial charge in [0.25, 0.3) is 0 Å². The van der Waals surface area contributed by atoms with Crippen LogP contribution in [0.4, 0.5) is 0 Å². The lowest BCUT2D eigenvalue weighted by atomic mass is 10.6. The maximum Gasteiger partial charge on any atom is 0.353 e. The Labute approximate surface area is 98.5 Å². The zero-order chi connectivity index (χ0) is 10.8. The van der Waals surface area contributed by atoms with Crippen LogP contribution in [0.25, 0.3) is 5.65 Å². The van der Waals surface area contributed by atoms with E-state index < -0.39 is 0 Å². The predicted molar refractivity (Wildman–Crippen MR) is 61.2 cm³/mol. The van der Waals surface area contributed by atoms with E-state index in [0.29, 0.717) is 9.35 Å². The molecule has 7 heteroatoms. The summed E-state index contributed by atoms with van der Waals surface area (Å²) in [5.41, 5.74) is 0.194. The van der Waals surface area contributed by atoms with Crippen LogP contribution < -0.4 is 5.69 Å². The van der Waals surface area contributed by atoms with E-state index in [9.17, 15) is 4.79 Å². The monoisotopic (exact) mass is 315 g/mol. The van der Waals surface area contributed by atoms with Crippen molar-refractivity contribution in [1.29, 1.82) is 0 Å². The van der Waals surface area contributed by atoms with Gasteiger partial charge in [0, 0.05) is 0 Å². The fourth-order valence-corrected chi connectivity index (χ4v) is 1.55. The average molecular weight is 315 g/mol. The SMILES string of the molecule is CC#CCn1nnc2c(I)ncn2c1=O. The largest absolute Gasteiger partial charge is 0.353 e. The van der Waals surface area contributed by atoms with Gasteiger partial charge < -0.3 is 0 Å². The Balaban J connectivity index is 2.64. The molecule has 0 saturated carbocycles. The second kappa shape index (κ2) is 3.98. The van der Waals surface area contributed by atoms with E-state index in [1.807, 2.05) is 22.6 Å². The van der Waals surface area contributed by atoms with E-state index in [-0.39, 0.29) is 12.2 Å². The van der Waals surface area contributed by atoms with Gasteiger partial charge in [0.2, 0.25) is 0 Å². The van der Waals surface area contributed by atoms with E-state index in [1.54, 1.807) is 6.92 Å². The zero-order valence-corrected chi connectivity index (χ0v) is 9.96. The first-order valence-corrected chi connectivity index (χ1v) is 5.18. The molecule has 0 aliphatic heterocycles. The van der Waals surface area contributed by atoms with Gasteiger partial charge in [0.05, 0.1) is 0 Å². The highest BCUT2D eigenvalue weighted by molar-refractivity contribution is 14.1. The van der Waals surface area contributed by atoms with Crippen molar-refractivity contribution in [1.82, 2.24) is 24.4 Å². The Hall–Kier alpha value is -1.43. The Bertz CT molecular complexity index is 617. The van der Waals surface area contributed by atoms with Crippen molar-refractivity contribution in [2.75, 3.05) is 0 Å². The van der Waals surface area contributed by atoms with Gasteiger partial charge in [-0.05, 0) is 29.5 Å². The maximum absolute atomic E-state index is 11.8. The Morgan fingerprint density at radius 2 is 2.40 bits per heavy atom. The lowest BCUT2D eigenvalue weighted by molar-refractivity contribution is 0.576. The van der Waals surface area contributed by atoms with Crippen LogP contribution in [0.2, 0.25) is 0 Å². The molecule has 0 saturated heterocycles. The summed E-state index contributed by atoms with van der Waals surface area (Å²) < 4.78 is 3.21. The smallest absolute Gasteiger partial charge is 0.245 e. The van der Waals surface area contributed by atoms with Gasteiger partial charge in [0.15, 0.2) is 5.65 Å². The summed E-state index contributed by atoms with van der Waals surface area (Å²) in [6, 6.07) is 0. The van der Waals surface area contributed by atoms with Crippen LogP contribution in [0.5, 0.6) is 0 Å². The third kappa shape index (κ3) is 1.72. The van der Waals surface area contributed by atoms with E-state index in [4.69, 9.17) is 0 Å². The Morgan fingerprint density at radius 3 is 3.13 bits per heavy atom. The molecule has 2 heterocycles. The van der Waals surface area contributed by atoms with Crippen molar-refractivity contribution in [2.24, 2.45) is 0 Å². The van der Waals surface area contributed by atoms with Gasteiger partial charge in [-0.15, -0.1) is 11.0 Å². The first kappa shape index (κ1) is 10.1. The molecular formula is C8H6IN5O. The van der Waals surface area contributed by atoms with Crippen molar-refractivity contribution in [3.63, 3.8) is 0 Å². The van der Waals surface area contributed by atoms with Gasteiger partial charge in [-0.1, -0.05) is 11.1 Å². The van der Waals surface area contributed by atoms with Gasteiger partial charge in [0.1, 0.15) is 16.6 Å². The molecule has 0 spiro atoms. The van der Waals surface area contributed by atoms with Crippen molar-refractivity contribution in [2.45, 2.75) is 13.5 Å². The molecule has 0 atom stereocenters. The van der Waals surface area contributed by atoms with Crippen LogP contribution in [0.15, 0.2) is 11.1 Å². The summed E-state index contributed by atoms with van der Waals surface area (Å²) >= 11 is 2.00. The van der Waals surface area contributed by atoms with Crippen molar-refractivity contribution in [3.8, 4) is 11.8 Å². The highest BCUT2D eigenvalue weighted by Gasteiger charge is 2.07. The Morgan fingerprint density at radius 1 is 1.60 bits per heavy atom. The second-order valence-electron chi connectivity index (χ2n) is 2.69. The molecule has 0 radical (unpaired) electrons. The Kier molecular flexibility index (Phi) is 2.68. The number of imidazole rings is 1. The first-order chi connectivity index (χ1) is 7.24. The molecule has 0 aliphatic rings. The zero-order valence-electron chi connectivity index (χ0n) is 7.81. The molecule has 0 amide bonds. The molecule has 6 nitrogen and oxygen atoms in total. The van der Waals surface area contributed by atoms with Crippen LogP contribution >= 0.6 is 22.6 Å². The maximum atomic E-state index is 11.8. The van der Waals surface area contributed by atoms with Crippen molar-refractivity contribution in [3.05, 3.63) is 20.5 Å². The molecular weight excluding hydrogens is 309 g/mol. The topological polar surface area (TPSA) is 65.1 Å². The molecule has 0 fully saturated rings. The number of aromatic nitrogens is 5. The van der Waals surface area contributed by atoms with E-state index in [0.717, 1.165) is 0 Å². The lowest BCUT2D eigenvalue weighted by Crippen LogP contribution is -2.29. The van der Waals surface area contributed by atoms with Crippen LogP contribution in [0.3, 0.4) is 0 Å². The van der Waals surface area contributed by atoms with Gasteiger partial charge in [-0.2, -0.15) is 4.68 Å². The molecule has 0 unspecified atom stereocenters. The fourth-order valence-electron chi connectivity index (χ4n) is 1.06. The van der Waals surface area contributed by atoms with Crippen molar-refractivity contribution < 1.29 is 0 Å². The minimum atomic E-state index is -0.279. The molecule has 0 bridgehead atoms. The summed E-state index contributed by atoms with van der Waals surface area (Å²) in [7, 11) is 0. The summed E-state index contributed by atoms with van der Waals surface area (Å²) in [5.74, 6) is 5.44. The standard InChI is InChI=1S/C8H6IN5O/c1-2-3-4-14-8(15)13-5-10-6(9)7(13)11-12-14/h5H,4H2,1H3. The van der Waals surface area contributed by atoms with Gasteiger partial charge >= 0.3 is 5.69 Å². The normalized spacial score (nSPS) is 10.0. The number of hydrogen-bond donors (Lipinski definition) is 0. The first-order valence-electron chi connectivity index (χ1n) is 4.10. The van der Waals surface area contributed by atoms with Gasteiger partial charge in [-0.25, -0.2) is 14.2 Å². The second-order valence-corrected chi connectivity index (χ2v) is 3.71. The molecule has 2 rings (SSSR count). The van der Waals surface area contributed by atoms with Crippen LogP contribution in [0.1, 0.15) is 6.92 Å². The molecule has 0 N–H and O–H groups in total. The quantitative estimate of drug-likeness (QED) is 0.545. The van der Waals surface area contributed by atoms with Gasteiger partial charge in [-0.3, -0.25) is 0 Å². The molecule has 2 aromatic rings. The summed E-state index contributed by atoms with van der Waals surface area (Å²) in [4.78, 5) is 15.7. The molecule has 15 heavy (non-hydrogen) atoms. The minimum absolute atomic E-state index is 0.243. The minimum Gasteiger partial charge on any atom is -0.245 e. The van der Waals surface area contributed by atoms with E-state index in [2.05, 4.69) is 27.1 Å². The van der Waals surface area contributed by atoms with Crippen LogP contribution in [0, 0.1) is 15.5 Å². The summed E-state index contributed by atoms with van der Waals surface area (Å²) in [6.45, 7) is 1.95. The highest BCUT2D eigenvalue weighted by Crippen LogP contribution is 2.04. The summed E-state index contributed by atoms with van der Waals surface area (Å²) in [5, 5.41) is 7.66. The van der Waals surface area contributed by atoms with E-state index in [1.165, 1.54) is 15.4 Å². The van der Waals surface area contributed by atoms with E-state index >= 15 is 0 Å². The molecule has 0 aromatic carbocycles. The highest BCUT2D eigenvalue weighted by atomic mass is 127. The molecule has 0 aliphatic carbocycles. The average Bonchev–Trinajstić information content (AvgIpc) is 2.61. The van der Waals surface area contributed by atoms with Crippen LogP contribution in [-0.4, -0.2) is 24.4 Å². The molecule has 76 valence electrons. The number of fused-ring (bicyclic) bond motifs is 1. The number of nitrogens with zero attached hydrogens (tertiary/aromatic N) is 5. The summed E-state index contributed by atoms with van der Waals surface area (Å²) in [6.07, 6.45) is 1.43. The number of halogens is 1. The third-order valence-electron chi connectivity index (χ3n) is 1.78. The number of hydrogen-bond acceptors (Lipinski definition) is 4. The van der Waals surface area contributed by atoms with Crippen LogP contribution in [-0.2, 0) is 6.54 Å². The van der Waals surface area contributed by atoms with Crippen molar-refractivity contribution >= 4 is 28.2 Å². The fraction of sp³-hybridized carbons (Fsp3) is 0.250. The lowest BCUT2D eigenvalue weighted by Gasteiger charge is -1.97. The molecule has 2 aromatic heterocycles. The predicted octanol–water partition coefficient (Wildman–Crippen LogP) is -0.0861. The third-order valence-corrected chi connectivity index (χ3v) is 2.54.